The molecule has 0 atom stereocenters. The van der Waals surface area contributed by atoms with Gasteiger partial charge in [-0.25, -0.2) is 0 Å². The van der Waals surface area contributed by atoms with E-state index < -0.39 is 10.8 Å². The Morgan fingerprint density at radius 1 is 1.47 bits per heavy atom. The van der Waals surface area contributed by atoms with E-state index in [9.17, 15) is 14.9 Å². The first kappa shape index (κ1) is 12.6. The maximum Gasteiger partial charge on any atom is 0.292 e. The van der Waals surface area contributed by atoms with Gasteiger partial charge in [-0.3, -0.25) is 19.6 Å². The Bertz CT molecular complexity index is 650. The molecule has 0 spiro atoms. The molecule has 3 N–H and O–H groups in total. The lowest BCUT2D eigenvalue weighted by Gasteiger charge is -2.03. The van der Waals surface area contributed by atoms with Crippen molar-refractivity contribution in [2.24, 2.45) is 7.05 Å². The average molecular weight is 261 g/mol. The summed E-state index contributed by atoms with van der Waals surface area (Å²) < 4.78 is 1.54. The van der Waals surface area contributed by atoms with Gasteiger partial charge in [-0.15, -0.1) is 0 Å². The fraction of sp³-hybridized carbons (Fsp3) is 0.0909. The third kappa shape index (κ3) is 2.68. The molecule has 1 heterocycles. The van der Waals surface area contributed by atoms with Crippen LogP contribution in [0.15, 0.2) is 30.5 Å². The minimum atomic E-state index is -0.601. The van der Waals surface area contributed by atoms with Crippen LogP contribution in [0.3, 0.4) is 0 Å². The van der Waals surface area contributed by atoms with Crippen LogP contribution in [0.4, 0.5) is 17.2 Å². The summed E-state index contributed by atoms with van der Waals surface area (Å²) >= 11 is 0. The van der Waals surface area contributed by atoms with Crippen molar-refractivity contribution < 1.29 is 9.72 Å². The minimum absolute atomic E-state index is 0.0568. The normalized spacial score (nSPS) is 10.2. The van der Waals surface area contributed by atoms with E-state index in [1.165, 1.54) is 18.2 Å². The Morgan fingerprint density at radius 2 is 2.21 bits per heavy atom. The molecular weight excluding hydrogens is 250 g/mol. The molecule has 0 aliphatic carbocycles. The molecule has 0 aliphatic heterocycles. The summed E-state index contributed by atoms with van der Waals surface area (Å²) in [6.07, 6.45) is 1.68. The van der Waals surface area contributed by atoms with Gasteiger partial charge in [0.05, 0.1) is 4.92 Å². The second-order valence-corrected chi connectivity index (χ2v) is 3.86. The fourth-order valence-electron chi connectivity index (χ4n) is 1.53. The summed E-state index contributed by atoms with van der Waals surface area (Å²) in [6.45, 7) is 0. The summed E-state index contributed by atoms with van der Waals surface area (Å²) in [5.41, 5.74) is 5.46. The molecule has 0 radical (unpaired) electrons. The van der Waals surface area contributed by atoms with Crippen LogP contribution in [0.5, 0.6) is 0 Å². The van der Waals surface area contributed by atoms with Crippen LogP contribution in [0.2, 0.25) is 0 Å². The number of nitrogen functional groups attached to an aromatic ring is 1. The summed E-state index contributed by atoms with van der Waals surface area (Å²) in [6, 6.07) is 5.43. The van der Waals surface area contributed by atoms with Gasteiger partial charge in [0, 0.05) is 30.9 Å². The average Bonchev–Trinajstić information content (AvgIpc) is 2.74. The molecule has 0 saturated carbocycles. The molecule has 0 unspecified atom stereocenters. The third-order valence-corrected chi connectivity index (χ3v) is 2.44. The van der Waals surface area contributed by atoms with Crippen LogP contribution < -0.4 is 11.1 Å². The van der Waals surface area contributed by atoms with Crippen molar-refractivity contribution in [1.29, 1.82) is 0 Å². The molecule has 2 aromatic rings. The van der Waals surface area contributed by atoms with E-state index in [-0.39, 0.29) is 16.9 Å². The molecule has 1 amide bonds. The third-order valence-electron chi connectivity index (χ3n) is 2.44. The highest BCUT2D eigenvalue weighted by atomic mass is 16.6. The number of rotatable bonds is 3. The first-order valence-electron chi connectivity index (χ1n) is 5.32. The largest absolute Gasteiger partial charge is 0.393 e. The molecule has 0 fully saturated rings. The van der Waals surface area contributed by atoms with Crippen LogP contribution in [0, 0.1) is 10.1 Å². The number of carbonyl (C=O) groups is 1. The van der Waals surface area contributed by atoms with Crippen LogP contribution in [0.25, 0.3) is 0 Å². The zero-order valence-corrected chi connectivity index (χ0v) is 10.0. The van der Waals surface area contributed by atoms with Crippen molar-refractivity contribution in [3.8, 4) is 0 Å². The lowest BCUT2D eigenvalue weighted by Crippen LogP contribution is -2.13. The van der Waals surface area contributed by atoms with Gasteiger partial charge in [0.1, 0.15) is 5.69 Å². The standard InChI is InChI=1S/C11H11N5O3/c1-15-5-4-10(14-15)13-11(17)7-2-3-9(16(18)19)8(12)6-7/h2-6H,12H2,1H3,(H,13,14,17). The number of nitrogens with two attached hydrogens (primary N) is 1. The highest BCUT2D eigenvalue weighted by Crippen LogP contribution is 2.22. The molecule has 1 aromatic heterocycles. The van der Waals surface area contributed by atoms with E-state index in [0.29, 0.717) is 5.82 Å². The Balaban J connectivity index is 2.20. The predicted octanol–water partition coefficient (Wildman–Crippen LogP) is 1.16. The van der Waals surface area contributed by atoms with Gasteiger partial charge in [-0.05, 0) is 12.1 Å². The number of aryl methyl sites for hydroxylation is 1. The molecule has 98 valence electrons. The zero-order chi connectivity index (χ0) is 14.0. The second kappa shape index (κ2) is 4.77. The predicted molar refractivity (Wildman–Crippen MR) is 68.7 cm³/mol. The van der Waals surface area contributed by atoms with E-state index in [1.807, 2.05) is 0 Å². The highest BCUT2D eigenvalue weighted by molar-refractivity contribution is 6.04. The van der Waals surface area contributed by atoms with Gasteiger partial charge in [-0.1, -0.05) is 0 Å². The van der Waals surface area contributed by atoms with Gasteiger partial charge >= 0.3 is 0 Å². The molecule has 19 heavy (non-hydrogen) atoms. The van der Waals surface area contributed by atoms with Crippen LogP contribution in [-0.4, -0.2) is 20.6 Å². The van der Waals surface area contributed by atoms with Crippen molar-refractivity contribution in [1.82, 2.24) is 9.78 Å². The number of nitrogens with one attached hydrogen (secondary N) is 1. The quantitative estimate of drug-likeness (QED) is 0.488. The topological polar surface area (TPSA) is 116 Å². The number of aromatic nitrogens is 2. The summed E-state index contributed by atoms with van der Waals surface area (Å²) in [5, 5.41) is 17.2. The Labute approximate surface area is 108 Å². The van der Waals surface area contributed by atoms with Gasteiger partial charge < -0.3 is 11.1 Å². The van der Waals surface area contributed by atoms with Crippen molar-refractivity contribution in [2.45, 2.75) is 0 Å². The monoisotopic (exact) mass is 261 g/mol. The summed E-state index contributed by atoms with van der Waals surface area (Å²) in [7, 11) is 1.72. The van der Waals surface area contributed by atoms with Crippen LogP contribution in [-0.2, 0) is 7.05 Å². The number of carbonyl (C=O) groups excluding carboxylic acids is 1. The molecule has 0 saturated heterocycles. The van der Waals surface area contributed by atoms with Gasteiger partial charge in [0.2, 0.25) is 0 Å². The number of nitro benzene ring substituents is 1. The summed E-state index contributed by atoms with van der Waals surface area (Å²) in [4.78, 5) is 21.9. The Kier molecular flexibility index (Phi) is 3.15. The number of hydrogen-bond donors (Lipinski definition) is 2. The van der Waals surface area contributed by atoms with Crippen molar-refractivity contribution >= 4 is 23.1 Å². The molecule has 8 heteroatoms. The van der Waals surface area contributed by atoms with E-state index in [0.717, 1.165) is 0 Å². The number of anilines is 2. The smallest absolute Gasteiger partial charge is 0.292 e. The number of benzene rings is 1. The number of hydrogen-bond acceptors (Lipinski definition) is 5. The van der Waals surface area contributed by atoms with Crippen molar-refractivity contribution in [3.63, 3.8) is 0 Å². The van der Waals surface area contributed by atoms with Gasteiger partial charge in [0.25, 0.3) is 11.6 Å². The second-order valence-electron chi connectivity index (χ2n) is 3.86. The lowest BCUT2D eigenvalue weighted by atomic mass is 10.1. The Morgan fingerprint density at radius 3 is 2.74 bits per heavy atom. The van der Waals surface area contributed by atoms with Crippen LogP contribution in [0.1, 0.15) is 10.4 Å². The highest BCUT2D eigenvalue weighted by Gasteiger charge is 2.15. The van der Waals surface area contributed by atoms with Crippen molar-refractivity contribution in [3.05, 3.63) is 46.1 Å². The van der Waals surface area contributed by atoms with Crippen molar-refractivity contribution in [2.75, 3.05) is 11.1 Å². The Hall–Kier alpha value is -2.90. The zero-order valence-electron chi connectivity index (χ0n) is 10.0. The van der Waals surface area contributed by atoms with Crippen LogP contribution >= 0.6 is 0 Å². The minimum Gasteiger partial charge on any atom is -0.393 e. The first-order chi connectivity index (χ1) is 8.97. The maximum absolute atomic E-state index is 11.9. The number of nitrogens with zero attached hydrogens (tertiary/aromatic N) is 3. The maximum atomic E-state index is 11.9. The molecular formula is C11H11N5O3. The molecule has 8 nitrogen and oxygen atoms in total. The first-order valence-corrected chi connectivity index (χ1v) is 5.32. The lowest BCUT2D eigenvalue weighted by molar-refractivity contribution is -0.383. The van der Waals surface area contributed by atoms with E-state index in [4.69, 9.17) is 5.73 Å². The van der Waals surface area contributed by atoms with E-state index in [1.54, 1.807) is 24.0 Å². The molecule has 1 aromatic carbocycles. The fourth-order valence-corrected chi connectivity index (χ4v) is 1.53. The van der Waals surface area contributed by atoms with Gasteiger partial charge in [0.15, 0.2) is 5.82 Å². The molecule has 2 rings (SSSR count). The summed E-state index contributed by atoms with van der Waals surface area (Å²) in [5.74, 6) is -0.0373. The molecule has 0 aliphatic rings. The SMILES string of the molecule is Cn1ccc(NC(=O)c2ccc([N+](=O)[O-])c(N)c2)n1. The van der Waals surface area contributed by atoms with E-state index in [2.05, 4.69) is 10.4 Å². The van der Waals surface area contributed by atoms with E-state index >= 15 is 0 Å². The number of nitro groups is 1. The molecule has 0 bridgehead atoms. The van der Waals surface area contributed by atoms with Gasteiger partial charge in [-0.2, -0.15) is 5.10 Å². The number of amides is 1.